The van der Waals surface area contributed by atoms with Crippen molar-refractivity contribution in [3.05, 3.63) is 23.8 Å². The van der Waals surface area contributed by atoms with Crippen LogP contribution in [-0.4, -0.2) is 23.1 Å². The lowest BCUT2D eigenvalue weighted by atomic mass is 10.1. The fourth-order valence-electron chi connectivity index (χ4n) is 3.27. The third-order valence-electron chi connectivity index (χ3n) is 4.37. The molecular weight excluding hydrogens is 321 g/mol. The number of hydrogen-bond donors (Lipinski definition) is 1. The van der Waals surface area contributed by atoms with E-state index in [2.05, 4.69) is 16.9 Å². The lowest BCUT2D eigenvalue weighted by Crippen LogP contribution is -2.21. The van der Waals surface area contributed by atoms with Gasteiger partial charge in [0.1, 0.15) is 11.1 Å². The summed E-state index contributed by atoms with van der Waals surface area (Å²) in [6.07, 6.45) is -3.52. The highest BCUT2D eigenvalue weighted by Crippen LogP contribution is 2.41. The van der Waals surface area contributed by atoms with Crippen molar-refractivity contribution in [2.45, 2.75) is 19.5 Å². The number of furan rings is 1. The molecule has 3 aromatic rings. The molecule has 1 atom stereocenters. The maximum absolute atomic E-state index is 13.3. The Hall–Kier alpha value is -2.51. The second kappa shape index (κ2) is 4.99. The van der Waals surface area contributed by atoms with Gasteiger partial charge < -0.3 is 15.1 Å². The van der Waals surface area contributed by atoms with Gasteiger partial charge in [-0.3, -0.25) is 0 Å². The van der Waals surface area contributed by atoms with Crippen molar-refractivity contribution in [3.63, 3.8) is 0 Å². The number of nitrogen functional groups attached to an aromatic ring is 1. The van der Waals surface area contributed by atoms with Gasteiger partial charge in [0.05, 0.1) is 10.9 Å². The zero-order chi connectivity index (χ0) is 17.1. The second-order valence-corrected chi connectivity index (χ2v) is 6.20. The van der Waals surface area contributed by atoms with Crippen LogP contribution in [0.3, 0.4) is 0 Å². The van der Waals surface area contributed by atoms with Gasteiger partial charge in [0.15, 0.2) is 11.4 Å². The van der Waals surface area contributed by atoms with Crippen LogP contribution < -0.4 is 10.6 Å². The molecule has 3 heterocycles. The van der Waals surface area contributed by atoms with Crippen molar-refractivity contribution in [1.82, 2.24) is 9.97 Å². The summed E-state index contributed by atoms with van der Waals surface area (Å²) in [7, 11) is 0. The Morgan fingerprint density at radius 1 is 1.29 bits per heavy atom. The molecule has 0 aliphatic carbocycles. The Bertz CT molecular complexity index is 934. The van der Waals surface area contributed by atoms with E-state index in [9.17, 15) is 13.2 Å². The third kappa shape index (κ3) is 2.24. The van der Waals surface area contributed by atoms with Crippen molar-refractivity contribution >= 4 is 33.8 Å². The van der Waals surface area contributed by atoms with Gasteiger partial charge in [-0.15, -0.1) is 0 Å². The molecule has 24 heavy (non-hydrogen) atoms. The van der Waals surface area contributed by atoms with Crippen molar-refractivity contribution in [1.29, 1.82) is 0 Å². The van der Waals surface area contributed by atoms with Gasteiger partial charge in [-0.2, -0.15) is 18.2 Å². The second-order valence-electron chi connectivity index (χ2n) is 6.20. The topological polar surface area (TPSA) is 68.2 Å². The number of nitrogens with zero attached hydrogens (tertiary/aromatic N) is 3. The first-order chi connectivity index (χ1) is 11.3. The van der Waals surface area contributed by atoms with Crippen LogP contribution in [0.5, 0.6) is 0 Å². The van der Waals surface area contributed by atoms with Crippen LogP contribution in [-0.2, 0) is 6.18 Å². The van der Waals surface area contributed by atoms with Crippen molar-refractivity contribution in [2.24, 2.45) is 5.92 Å². The quantitative estimate of drug-likeness (QED) is 0.731. The predicted octanol–water partition coefficient (Wildman–Crippen LogP) is 3.82. The maximum Gasteiger partial charge on any atom is 0.417 e. The monoisotopic (exact) mass is 336 g/mol. The fraction of sp³-hybridized carbons (Fsp3) is 0.375. The van der Waals surface area contributed by atoms with Gasteiger partial charge in [0, 0.05) is 13.1 Å². The molecule has 2 N–H and O–H groups in total. The molecule has 5 nitrogen and oxygen atoms in total. The number of nitrogens with two attached hydrogens (primary N) is 1. The van der Waals surface area contributed by atoms with Gasteiger partial charge in [-0.05, 0) is 24.5 Å². The summed E-state index contributed by atoms with van der Waals surface area (Å²) < 4.78 is 45.7. The van der Waals surface area contributed by atoms with Crippen molar-refractivity contribution < 1.29 is 17.6 Å². The number of hydrogen-bond acceptors (Lipinski definition) is 5. The molecule has 2 aromatic heterocycles. The van der Waals surface area contributed by atoms with Crippen LogP contribution >= 0.6 is 0 Å². The highest BCUT2D eigenvalue weighted by Gasteiger charge is 2.35. The number of benzene rings is 1. The van der Waals surface area contributed by atoms with E-state index in [0.29, 0.717) is 11.7 Å². The minimum absolute atomic E-state index is 0.0586. The number of halogens is 3. The van der Waals surface area contributed by atoms with Gasteiger partial charge in [-0.25, -0.2) is 4.98 Å². The Kier molecular flexibility index (Phi) is 3.13. The molecule has 126 valence electrons. The van der Waals surface area contributed by atoms with Crippen LogP contribution in [0.25, 0.3) is 22.1 Å². The Morgan fingerprint density at radius 2 is 2.08 bits per heavy atom. The highest BCUT2D eigenvalue weighted by atomic mass is 19.4. The first kappa shape index (κ1) is 15.0. The molecule has 1 aromatic carbocycles. The Balaban J connectivity index is 2.04. The number of rotatable bonds is 1. The summed E-state index contributed by atoms with van der Waals surface area (Å²) in [6.45, 7) is 3.63. The summed E-state index contributed by atoms with van der Waals surface area (Å²) >= 11 is 0. The molecule has 0 unspecified atom stereocenters. The molecule has 1 fully saturated rings. The maximum atomic E-state index is 13.3. The average molecular weight is 336 g/mol. The summed E-state index contributed by atoms with van der Waals surface area (Å²) in [5, 5.41) is -0.0670. The Labute approximate surface area is 135 Å². The molecule has 0 bridgehead atoms. The lowest BCUT2D eigenvalue weighted by Gasteiger charge is -2.17. The van der Waals surface area contributed by atoms with E-state index < -0.39 is 11.7 Å². The SMILES string of the molecule is C[C@H]1CCN(c2nc(N)nc3c2oc2cccc(C(F)(F)F)c23)C1. The van der Waals surface area contributed by atoms with Crippen LogP contribution in [0.4, 0.5) is 24.9 Å². The van der Waals surface area contributed by atoms with Crippen LogP contribution in [0.2, 0.25) is 0 Å². The summed E-state index contributed by atoms with van der Waals surface area (Å²) in [5.41, 5.74) is 5.48. The molecule has 0 amide bonds. The molecule has 0 spiro atoms. The molecule has 0 saturated carbocycles. The van der Waals surface area contributed by atoms with E-state index in [-0.39, 0.29) is 28.0 Å². The number of alkyl halides is 3. The van der Waals surface area contributed by atoms with E-state index >= 15 is 0 Å². The molecule has 1 saturated heterocycles. The van der Waals surface area contributed by atoms with Gasteiger partial charge in [0.2, 0.25) is 5.95 Å². The minimum Gasteiger partial charge on any atom is -0.450 e. The highest BCUT2D eigenvalue weighted by molar-refractivity contribution is 6.08. The predicted molar refractivity (Wildman–Crippen MR) is 84.7 cm³/mol. The zero-order valence-corrected chi connectivity index (χ0v) is 12.9. The van der Waals surface area contributed by atoms with Crippen LogP contribution in [0, 0.1) is 5.92 Å². The van der Waals surface area contributed by atoms with E-state index in [1.165, 1.54) is 12.1 Å². The third-order valence-corrected chi connectivity index (χ3v) is 4.37. The molecule has 1 aliphatic heterocycles. The first-order valence-electron chi connectivity index (χ1n) is 7.65. The molecule has 1 aliphatic rings. The smallest absolute Gasteiger partial charge is 0.417 e. The van der Waals surface area contributed by atoms with E-state index in [1.54, 1.807) is 0 Å². The fourth-order valence-corrected chi connectivity index (χ4v) is 3.27. The minimum atomic E-state index is -4.50. The largest absolute Gasteiger partial charge is 0.450 e. The number of anilines is 2. The number of aromatic nitrogens is 2. The van der Waals surface area contributed by atoms with Crippen LogP contribution in [0.1, 0.15) is 18.9 Å². The molecular formula is C16H15F3N4O. The summed E-state index contributed by atoms with van der Waals surface area (Å²) in [5.74, 6) is 0.884. The standard InChI is InChI=1S/C16H15F3N4O/c1-8-5-6-23(7-8)14-13-12(21-15(20)22-14)11-9(16(17,18)19)3-2-4-10(11)24-13/h2-4,8H,5-7H2,1H3,(H2,20,21,22)/t8-/m0/s1. The van der Waals surface area contributed by atoms with E-state index in [0.717, 1.165) is 25.6 Å². The van der Waals surface area contributed by atoms with Gasteiger partial charge in [-0.1, -0.05) is 13.0 Å². The van der Waals surface area contributed by atoms with Crippen LogP contribution in [0.15, 0.2) is 22.6 Å². The average Bonchev–Trinajstić information content (AvgIpc) is 3.09. The van der Waals surface area contributed by atoms with Crippen molar-refractivity contribution in [2.75, 3.05) is 23.7 Å². The lowest BCUT2D eigenvalue weighted by molar-refractivity contribution is -0.136. The summed E-state index contributed by atoms with van der Waals surface area (Å²) in [6, 6.07) is 3.84. The van der Waals surface area contributed by atoms with Crippen molar-refractivity contribution in [3.8, 4) is 0 Å². The van der Waals surface area contributed by atoms with E-state index in [1.807, 2.05) is 4.90 Å². The van der Waals surface area contributed by atoms with Gasteiger partial charge in [0.25, 0.3) is 0 Å². The molecule has 8 heteroatoms. The Morgan fingerprint density at radius 3 is 2.75 bits per heavy atom. The summed E-state index contributed by atoms with van der Waals surface area (Å²) in [4.78, 5) is 10.2. The van der Waals surface area contributed by atoms with E-state index in [4.69, 9.17) is 10.2 Å². The molecule has 4 rings (SSSR count). The molecule has 0 radical (unpaired) electrons. The van der Waals surface area contributed by atoms with Gasteiger partial charge >= 0.3 is 6.18 Å². The number of fused-ring (bicyclic) bond motifs is 3. The zero-order valence-electron chi connectivity index (χ0n) is 12.9. The first-order valence-corrected chi connectivity index (χ1v) is 7.65. The normalized spacial score (nSPS) is 18.8.